The molecule has 1 fully saturated rings. The molecule has 0 saturated carbocycles. The fraction of sp³-hybridized carbons (Fsp3) is 0.500. The number of amides is 2. The van der Waals surface area contributed by atoms with Crippen LogP contribution in [0.4, 0.5) is 5.69 Å². The second-order valence-electron chi connectivity index (χ2n) is 6.62. The molecule has 1 unspecified atom stereocenters. The number of nitrogens with zero attached hydrogens (tertiary/aromatic N) is 1. The third-order valence-corrected chi connectivity index (χ3v) is 4.35. The van der Waals surface area contributed by atoms with Crippen LogP contribution in [0, 0.1) is 6.92 Å². The van der Waals surface area contributed by atoms with Gasteiger partial charge in [0.05, 0.1) is 13.0 Å². The molecule has 0 aromatic heterocycles. The molecule has 3 N–H and O–H groups in total. The molecule has 1 saturated heterocycles. The normalized spacial score (nSPS) is 18.1. The van der Waals surface area contributed by atoms with Crippen LogP contribution < -0.4 is 10.6 Å². The van der Waals surface area contributed by atoms with Crippen molar-refractivity contribution in [1.82, 2.24) is 10.2 Å². The van der Waals surface area contributed by atoms with Crippen molar-refractivity contribution >= 4 is 23.5 Å². The number of nitrogens with one attached hydrogen (secondary N) is 2. The number of carboxylic acid groups (broad SMARTS) is 1. The van der Waals surface area contributed by atoms with E-state index in [1.54, 1.807) is 4.90 Å². The van der Waals surface area contributed by atoms with E-state index in [9.17, 15) is 14.4 Å². The van der Waals surface area contributed by atoms with Gasteiger partial charge < -0.3 is 15.7 Å². The Hall–Kier alpha value is -2.41. The summed E-state index contributed by atoms with van der Waals surface area (Å²) in [6, 6.07) is 5.05. The van der Waals surface area contributed by atoms with Crippen molar-refractivity contribution in [3.05, 3.63) is 29.3 Å². The number of aryl methyl sites for hydroxylation is 1. The largest absolute Gasteiger partial charge is 0.481 e. The van der Waals surface area contributed by atoms with Gasteiger partial charge in [0.1, 0.15) is 6.04 Å². The van der Waals surface area contributed by atoms with Gasteiger partial charge in [-0.2, -0.15) is 0 Å². The first-order valence-corrected chi connectivity index (χ1v) is 8.42. The predicted octanol–water partition coefficient (Wildman–Crippen LogP) is 1.33. The second-order valence-corrected chi connectivity index (χ2v) is 6.62. The van der Waals surface area contributed by atoms with E-state index in [1.807, 2.05) is 25.1 Å². The number of hydrogen-bond donors (Lipinski definition) is 3. The molecule has 7 heteroatoms. The van der Waals surface area contributed by atoms with Gasteiger partial charge in [-0.25, -0.2) is 0 Å². The topological polar surface area (TPSA) is 98.7 Å². The highest BCUT2D eigenvalue weighted by Crippen LogP contribution is 2.27. The molecule has 2 amide bonds. The van der Waals surface area contributed by atoms with Gasteiger partial charge in [-0.15, -0.1) is 0 Å². The van der Waals surface area contributed by atoms with Gasteiger partial charge in [-0.1, -0.05) is 32.0 Å². The summed E-state index contributed by atoms with van der Waals surface area (Å²) in [4.78, 5) is 37.1. The number of hydrogen-bond acceptors (Lipinski definition) is 4. The number of benzene rings is 1. The van der Waals surface area contributed by atoms with Gasteiger partial charge in [0, 0.05) is 18.8 Å². The van der Waals surface area contributed by atoms with Gasteiger partial charge in [-0.3, -0.25) is 19.3 Å². The minimum atomic E-state index is -1.06. The molecule has 136 valence electrons. The summed E-state index contributed by atoms with van der Waals surface area (Å²) in [5.74, 6) is -1.40. The van der Waals surface area contributed by atoms with Crippen LogP contribution in [0.3, 0.4) is 0 Å². The number of anilines is 1. The van der Waals surface area contributed by atoms with E-state index in [2.05, 4.69) is 24.5 Å². The molecule has 1 atom stereocenters. The number of para-hydroxylation sites is 1. The Balaban J connectivity index is 2.11. The first-order chi connectivity index (χ1) is 11.8. The summed E-state index contributed by atoms with van der Waals surface area (Å²) in [7, 11) is 0. The standard InChI is InChI=1S/C18H25N3O4/c1-11(2)13-6-4-5-12(3)17(13)20-15(22)10-21-8-7-19-18(25)14(21)9-16(23)24/h4-6,11,14H,7-10H2,1-3H3,(H,19,25)(H,20,22)(H,23,24). The molecule has 7 nitrogen and oxygen atoms in total. The smallest absolute Gasteiger partial charge is 0.305 e. The molecule has 1 heterocycles. The Labute approximate surface area is 147 Å². The Morgan fingerprint density at radius 3 is 2.76 bits per heavy atom. The molecule has 1 aliphatic heterocycles. The first kappa shape index (κ1) is 18.9. The van der Waals surface area contributed by atoms with Gasteiger partial charge in [0.25, 0.3) is 0 Å². The summed E-state index contributed by atoms with van der Waals surface area (Å²) < 4.78 is 0. The monoisotopic (exact) mass is 347 g/mol. The van der Waals surface area contributed by atoms with Crippen LogP contribution in [0.1, 0.15) is 37.3 Å². The third kappa shape index (κ3) is 4.79. The lowest BCUT2D eigenvalue weighted by atomic mass is 9.98. The highest BCUT2D eigenvalue weighted by Gasteiger charge is 2.32. The van der Waals surface area contributed by atoms with Crippen LogP contribution in [-0.4, -0.2) is 53.5 Å². The summed E-state index contributed by atoms with van der Waals surface area (Å²) in [5.41, 5.74) is 2.81. The predicted molar refractivity (Wildman–Crippen MR) is 94.5 cm³/mol. The van der Waals surface area contributed by atoms with E-state index < -0.39 is 12.0 Å². The van der Waals surface area contributed by atoms with E-state index in [0.29, 0.717) is 13.1 Å². The lowest BCUT2D eigenvalue weighted by molar-refractivity contribution is -0.143. The molecular weight excluding hydrogens is 322 g/mol. The quantitative estimate of drug-likeness (QED) is 0.721. The number of aliphatic carboxylic acids is 1. The summed E-state index contributed by atoms with van der Waals surface area (Å²) in [5, 5.41) is 14.6. The molecule has 1 aliphatic rings. The van der Waals surface area contributed by atoms with Crippen molar-refractivity contribution in [2.45, 2.75) is 39.2 Å². The Morgan fingerprint density at radius 1 is 1.40 bits per heavy atom. The molecule has 2 rings (SSSR count). The number of carbonyl (C=O) groups is 3. The number of rotatable bonds is 6. The molecule has 0 aliphatic carbocycles. The van der Waals surface area contributed by atoms with Crippen LogP contribution >= 0.6 is 0 Å². The highest BCUT2D eigenvalue weighted by molar-refractivity contribution is 5.95. The third-order valence-electron chi connectivity index (χ3n) is 4.35. The molecule has 1 aromatic rings. The Bertz CT molecular complexity index is 672. The minimum absolute atomic E-state index is 0.0166. The minimum Gasteiger partial charge on any atom is -0.481 e. The molecular formula is C18H25N3O4. The lowest BCUT2D eigenvalue weighted by Gasteiger charge is -2.33. The van der Waals surface area contributed by atoms with Crippen LogP contribution in [0.15, 0.2) is 18.2 Å². The number of piperazine rings is 1. The number of carboxylic acids is 1. The summed E-state index contributed by atoms with van der Waals surface area (Å²) >= 11 is 0. The molecule has 1 aromatic carbocycles. The van der Waals surface area contributed by atoms with E-state index in [4.69, 9.17) is 5.11 Å². The van der Waals surface area contributed by atoms with Crippen molar-refractivity contribution in [2.75, 3.05) is 25.0 Å². The van der Waals surface area contributed by atoms with Crippen molar-refractivity contribution < 1.29 is 19.5 Å². The van der Waals surface area contributed by atoms with Crippen LogP contribution in [0.2, 0.25) is 0 Å². The maximum absolute atomic E-state index is 12.5. The SMILES string of the molecule is Cc1cccc(C(C)C)c1NC(=O)CN1CCNC(=O)C1CC(=O)O. The van der Waals surface area contributed by atoms with Crippen molar-refractivity contribution in [2.24, 2.45) is 0 Å². The average molecular weight is 347 g/mol. The maximum Gasteiger partial charge on any atom is 0.305 e. The molecule has 0 spiro atoms. The van der Waals surface area contributed by atoms with Crippen LogP contribution in [0.5, 0.6) is 0 Å². The van der Waals surface area contributed by atoms with Crippen molar-refractivity contribution in [3.8, 4) is 0 Å². The molecule has 25 heavy (non-hydrogen) atoms. The maximum atomic E-state index is 12.5. The zero-order chi connectivity index (χ0) is 18.6. The van der Waals surface area contributed by atoms with Crippen molar-refractivity contribution in [1.29, 1.82) is 0 Å². The number of carbonyl (C=O) groups excluding carboxylic acids is 2. The summed E-state index contributed by atoms with van der Waals surface area (Å²) in [6.07, 6.45) is -0.319. The van der Waals surface area contributed by atoms with Gasteiger partial charge in [-0.05, 0) is 24.0 Å². The highest BCUT2D eigenvalue weighted by atomic mass is 16.4. The van der Waals surface area contributed by atoms with Gasteiger partial charge in [0.15, 0.2) is 0 Å². The van der Waals surface area contributed by atoms with E-state index in [1.165, 1.54) is 0 Å². The fourth-order valence-corrected chi connectivity index (χ4v) is 3.04. The van der Waals surface area contributed by atoms with Crippen LogP contribution in [-0.2, 0) is 14.4 Å². The van der Waals surface area contributed by atoms with E-state index >= 15 is 0 Å². The average Bonchev–Trinajstić information content (AvgIpc) is 2.52. The van der Waals surface area contributed by atoms with Gasteiger partial charge in [0.2, 0.25) is 11.8 Å². The van der Waals surface area contributed by atoms with E-state index in [0.717, 1.165) is 16.8 Å². The summed E-state index contributed by atoms with van der Waals surface area (Å²) in [6.45, 7) is 6.89. The molecule has 0 bridgehead atoms. The molecule has 0 radical (unpaired) electrons. The zero-order valence-electron chi connectivity index (χ0n) is 14.8. The van der Waals surface area contributed by atoms with Crippen molar-refractivity contribution in [3.63, 3.8) is 0 Å². The van der Waals surface area contributed by atoms with Gasteiger partial charge >= 0.3 is 5.97 Å². The fourth-order valence-electron chi connectivity index (χ4n) is 3.04. The second kappa shape index (κ2) is 8.11. The lowest BCUT2D eigenvalue weighted by Crippen LogP contribution is -2.57. The van der Waals surface area contributed by atoms with E-state index in [-0.39, 0.29) is 30.7 Å². The first-order valence-electron chi connectivity index (χ1n) is 8.42. The van der Waals surface area contributed by atoms with Crippen LogP contribution in [0.25, 0.3) is 0 Å². The Morgan fingerprint density at radius 2 is 2.12 bits per heavy atom. The Kier molecular flexibility index (Phi) is 6.14. The zero-order valence-corrected chi connectivity index (χ0v) is 14.8.